The van der Waals surface area contributed by atoms with Gasteiger partial charge in [0.05, 0.1) is 0 Å². The molecule has 8 nitrogen and oxygen atoms in total. The zero-order valence-electron chi connectivity index (χ0n) is 24.2. The standard InChI is InChI=1S/C33H39N2O6P/c1-31-17-15-25(36)19-22(31)13-14-26-27-16-18-33(39,32(27,2)20-28(37)30(26)31)29(38)21-41-42(40,34-23-9-5-3-6-10-23)35-24-11-7-4-8-12-24/h3-12,19,26-27,30,39H,13-18,20-21H2,1-2H3,(H2,34,35,40)/t26-,27-,30+,31+,32+,33-/m1/s1. The largest absolute Gasteiger partial charge is 0.392 e. The fraction of sp³-hybridized carbons (Fsp3) is 0.485. The van der Waals surface area contributed by atoms with Gasteiger partial charge in [-0.3, -0.25) is 29.1 Å². The van der Waals surface area contributed by atoms with Gasteiger partial charge < -0.3 is 5.11 Å². The van der Waals surface area contributed by atoms with Crippen molar-refractivity contribution < 1.29 is 28.6 Å². The SMILES string of the molecule is C[C@]12CCC(=O)C=C1CC[C@H]1[C@H]2C(=O)C[C@@]2(C)[C@@H]1CC[C@@]2(O)C(=O)COP(=O)(Nc1ccccc1)Nc1ccccc1. The highest BCUT2D eigenvalue weighted by Crippen LogP contribution is 2.66. The van der Waals surface area contributed by atoms with E-state index in [-0.39, 0.29) is 47.6 Å². The fourth-order valence-corrected chi connectivity index (χ4v) is 10.0. The van der Waals surface area contributed by atoms with Crippen LogP contribution in [0, 0.1) is 28.6 Å². The Labute approximate surface area is 246 Å². The van der Waals surface area contributed by atoms with Crippen molar-refractivity contribution in [2.45, 2.75) is 64.4 Å². The van der Waals surface area contributed by atoms with Crippen molar-refractivity contribution in [2.75, 3.05) is 16.8 Å². The van der Waals surface area contributed by atoms with Crippen LogP contribution in [-0.2, 0) is 23.5 Å². The third kappa shape index (κ3) is 4.78. The molecule has 0 bridgehead atoms. The molecule has 0 spiro atoms. The molecule has 0 saturated heterocycles. The van der Waals surface area contributed by atoms with Gasteiger partial charge in [-0.2, -0.15) is 0 Å². The first-order chi connectivity index (χ1) is 20.0. The maximum absolute atomic E-state index is 14.0. The normalized spacial score (nSPS) is 34.1. The molecule has 4 aliphatic rings. The van der Waals surface area contributed by atoms with E-state index in [1.54, 1.807) is 54.6 Å². The maximum Gasteiger partial charge on any atom is 0.392 e. The molecule has 0 unspecified atom stereocenters. The minimum atomic E-state index is -3.84. The van der Waals surface area contributed by atoms with Gasteiger partial charge in [0, 0.05) is 35.5 Å². The number of aliphatic hydroxyl groups is 1. The summed E-state index contributed by atoms with van der Waals surface area (Å²) in [6, 6.07) is 17.9. The van der Waals surface area contributed by atoms with Gasteiger partial charge in [0.15, 0.2) is 11.6 Å². The molecule has 6 rings (SSSR count). The summed E-state index contributed by atoms with van der Waals surface area (Å²) in [6.45, 7) is 3.42. The van der Waals surface area contributed by atoms with Crippen molar-refractivity contribution in [1.29, 1.82) is 0 Å². The topological polar surface area (TPSA) is 122 Å². The summed E-state index contributed by atoms with van der Waals surface area (Å²) in [6.07, 6.45) is 5.37. The molecule has 9 heteroatoms. The quantitative estimate of drug-likeness (QED) is 0.304. The summed E-state index contributed by atoms with van der Waals surface area (Å²) >= 11 is 0. The number of ketones is 3. The minimum Gasteiger partial charge on any atom is -0.381 e. The lowest BCUT2D eigenvalue weighted by atomic mass is 9.46. The first-order valence-corrected chi connectivity index (χ1v) is 16.5. The highest BCUT2D eigenvalue weighted by Gasteiger charge is 2.68. The van der Waals surface area contributed by atoms with Gasteiger partial charge in [-0.05, 0) is 79.7 Å². The van der Waals surface area contributed by atoms with Crippen LogP contribution < -0.4 is 10.2 Å². The Morgan fingerprint density at radius 1 is 0.952 bits per heavy atom. The van der Waals surface area contributed by atoms with E-state index in [0.29, 0.717) is 30.6 Å². The predicted octanol–water partition coefficient (Wildman–Crippen LogP) is 6.35. The van der Waals surface area contributed by atoms with Crippen LogP contribution in [0.4, 0.5) is 11.4 Å². The fourth-order valence-electron chi connectivity index (χ4n) is 8.57. The van der Waals surface area contributed by atoms with Gasteiger partial charge in [0.25, 0.3) is 0 Å². The molecule has 0 aromatic heterocycles. The van der Waals surface area contributed by atoms with Crippen molar-refractivity contribution in [2.24, 2.45) is 28.6 Å². The van der Waals surface area contributed by atoms with Crippen LogP contribution in [0.25, 0.3) is 0 Å². The molecule has 3 saturated carbocycles. The van der Waals surface area contributed by atoms with E-state index >= 15 is 0 Å². The van der Waals surface area contributed by atoms with Crippen molar-refractivity contribution in [3.63, 3.8) is 0 Å². The van der Waals surface area contributed by atoms with Gasteiger partial charge in [-0.15, -0.1) is 0 Å². The van der Waals surface area contributed by atoms with Crippen LogP contribution in [0.3, 0.4) is 0 Å². The van der Waals surface area contributed by atoms with Gasteiger partial charge in [-0.1, -0.05) is 55.8 Å². The van der Waals surface area contributed by atoms with E-state index in [0.717, 1.165) is 18.4 Å². The predicted molar refractivity (Wildman–Crippen MR) is 161 cm³/mol. The van der Waals surface area contributed by atoms with Crippen molar-refractivity contribution in [3.8, 4) is 0 Å². The molecule has 2 aromatic rings. The summed E-state index contributed by atoms with van der Waals surface area (Å²) in [4.78, 5) is 39.9. The van der Waals surface area contributed by atoms with Gasteiger partial charge in [0.1, 0.15) is 18.0 Å². The molecule has 42 heavy (non-hydrogen) atoms. The molecule has 222 valence electrons. The van der Waals surface area contributed by atoms with E-state index in [4.69, 9.17) is 4.52 Å². The van der Waals surface area contributed by atoms with E-state index < -0.39 is 31.1 Å². The summed E-state index contributed by atoms with van der Waals surface area (Å²) < 4.78 is 19.8. The molecule has 6 atom stereocenters. The third-order valence-electron chi connectivity index (χ3n) is 10.7. The van der Waals surface area contributed by atoms with E-state index in [2.05, 4.69) is 17.1 Å². The second kappa shape index (κ2) is 10.6. The number of carbonyl (C=O) groups is 3. The van der Waals surface area contributed by atoms with E-state index in [1.165, 1.54) is 0 Å². The molecular formula is C33H39N2O6P. The Morgan fingerprint density at radius 3 is 2.19 bits per heavy atom. The van der Waals surface area contributed by atoms with Crippen LogP contribution in [0.1, 0.15) is 58.8 Å². The lowest BCUT2D eigenvalue weighted by Crippen LogP contribution is -2.61. The maximum atomic E-state index is 14.0. The smallest absolute Gasteiger partial charge is 0.381 e. The summed E-state index contributed by atoms with van der Waals surface area (Å²) in [5, 5.41) is 17.9. The Bertz CT molecular complexity index is 1430. The summed E-state index contributed by atoms with van der Waals surface area (Å²) in [5.41, 5.74) is -0.879. The molecule has 0 heterocycles. The number of Topliss-reactive ketones (excluding diaryl/α,β-unsaturated/α-hetero) is 2. The highest BCUT2D eigenvalue weighted by molar-refractivity contribution is 7.62. The molecular weight excluding hydrogens is 551 g/mol. The number of hydrogen-bond acceptors (Lipinski definition) is 6. The first-order valence-electron chi connectivity index (χ1n) is 14.9. The van der Waals surface area contributed by atoms with Crippen LogP contribution in [0.15, 0.2) is 72.3 Å². The number of rotatable bonds is 8. The Morgan fingerprint density at radius 2 is 1.57 bits per heavy atom. The van der Waals surface area contributed by atoms with Crippen LogP contribution >= 0.6 is 7.67 Å². The van der Waals surface area contributed by atoms with Gasteiger partial charge >= 0.3 is 7.67 Å². The van der Waals surface area contributed by atoms with Gasteiger partial charge in [-0.25, -0.2) is 4.57 Å². The highest BCUT2D eigenvalue weighted by atomic mass is 31.2. The van der Waals surface area contributed by atoms with Gasteiger partial charge in [0.2, 0.25) is 0 Å². The number of hydrogen-bond donors (Lipinski definition) is 3. The lowest BCUT2D eigenvalue weighted by molar-refractivity contribution is -0.170. The number of para-hydroxylation sites is 2. The number of nitrogens with one attached hydrogen (secondary N) is 2. The second-order valence-corrected chi connectivity index (χ2v) is 14.8. The van der Waals surface area contributed by atoms with Crippen molar-refractivity contribution in [3.05, 3.63) is 72.3 Å². The van der Waals surface area contributed by atoms with Crippen LogP contribution in [-0.4, -0.2) is 34.7 Å². The molecule has 3 fully saturated rings. The third-order valence-corrected chi connectivity index (χ3v) is 12.3. The number of fused-ring (bicyclic) bond motifs is 5. The molecule has 4 aliphatic carbocycles. The first kappa shape index (κ1) is 29.0. The van der Waals surface area contributed by atoms with Crippen molar-refractivity contribution in [1.82, 2.24) is 0 Å². The number of allylic oxidation sites excluding steroid dienone is 1. The zero-order chi connectivity index (χ0) is 29.8. The second-order valence-electron chi connectivity index (χ2n) is 13.0. The average molecular weight is 591 g/mol. The number of benzene rings is 2. The number of carbonyl (C=O) groups excluding carboxylic acids is 3. The molecule has 0 aliphatic heterocycles. The lowest BCUT2D eigenvalue weighted by Gasteiger charge is -2.57. The molecule has 2 aromatic carbocycles. The zero-order valence-corrected chi connectivity index (χ0v) is 25.1. The van der Waals surface area contributed by atoms with Crippen LogP contribution in [0.5, 0.6) is 0 Å². The number of anilines is 2. The molecule has 3 N–H and O–H groups in total. The molecule has 0 radical (unpaired) electrons. The Hall–Kier alpha value is -3.06. The Kier molecular flexibility index (Phi) is 7.32. The minimum absolute atomic E-state index is 0.0122. The van der Waals surface area contributed by atoms with Crippen LogP contribution in [0.2, 0.25) is 0 Å². The Balaban J connectivity index is 1.23. The molecule has 0 amide bonds. The summed E-state index contributed by atoms with van der Waals surface area (Å²) in [7, 11) is -3.84. The monoisotopic (exact) mass is 590 g/mol. The van der Waals surface area contributed by atoms with Crippen molar-refractivity contribution >= 4 is 36.4 Å². The van der Waals surface area contributed by atoms with E-state index in [9.17, 15) is 24.1 Å². The van der Waals surface area contributed by atoms with E-state index in [1.807, 2.05) is 19.1 Å². The average Bonchev–Trinajstić information content (AvgIpc) is 3.23. The summed E-state index contributed by atoms with van der Waals surface area (Å²) in [5.74, 6) is -0.535.